The Kier molecular flexibility index (Phi) is 4.90. The van der Waals surface area contributed by atoms with Gasteiger partial charge in [0.1, 0.15) is 0 Å². The topological polar surface area (TPSA) is 41.6 Å². The maximum Gasteiger partial charge on any atom is 0.307 e. The van der Waals surface area contributed by atoms with E-state index in [1.807, 2.05) is 6.92 Å². The summed E-state index contributed by atoms with van der Waals surface area (Å²) in [4.78, 5) is 13.5. The molecule has 82 valence electrons. The molecule has 1 N–H and O–H groups in total. The minimum Gasteiger partial charge on any atom is -0.466 e. The molecule has 1 unspecified atom stereocenters. The molecule has 0 aliphatic carbocycles. The van der Waals surface area contributed by atoms with Crippen LogP contribution >= 0.6 is 0 Å². The average molecular weight is 200 g/mol. The summed E-state index contributed by atoms with van der Waals surface area (Å²) in [6.07, 6.45) is 1.54. The van der Waals surface area contributed by atoms with Gasteiger partial charge in [-0.2, -0.15) is 0 Å². The fourth-order valence-corrected chi connectivity index (χ4v) is 1.72. The lowest BCUT2D eigenvalue weighted by Crippen LogP contribution is -2.34. The van der Waals surface area contributed by atoms with E-state index in [4.69, 9.17) is 4.74 Å². The lowest BCUT2D eigenvalue weighted by molar-refractivity contribution is -0.144. The van der Waals surface area contributed by atoms with Crippen LogP contribution in [0.25, 0.3) is 0 Å². The number of nitrogens with zero attached hydrogens (tertiary/aromatic N) is 1. The molecule has 4 heteroatoms. The van der Waals surface area contributed by atoms with E-state index in [1.54, 1.807) is 0 Å². The summed E-state index contributed by atoms with van der Waals surface area (Å²) in [6.45, 7) is 5.33. The van der Waals surface area contributed by atoms with Crippen LogP contribution in [0.1, 0.15) is 19.8 Å². The molecule has 0 bridgehead atoms. The minimum atomic E-state index is -0.0775. The minimum absolute atomic E-state index is 0.0775. The molecule has 0 aromatic rings. The van der Waals surface area contributed by atoms with Crippen LogP contribution in [0.4, 0.5) is 0 Å². The van der Waals surface area contributed by atoms with Crippen LogP contribution < -0.4 is 5.32 Å². The Morgan fingerprint density at radius 2 is 2.36 bits per heavy atom. The standard InChI is InChI=1S/C10H20N2O2/c1-3-14-10(13)8-9-4-5-11-6-7-12(9)2/h9,11H,3-8H2,1-2H3. The highest BCUT2D eigenvalue weighted by Gasteiger charge is 2.20. The number of rotatable bonds is 3. The SMILES string of the molecule is CCOC(=O)CC1CCNCCN1C. The van der Waals surface area contributed by atoms with E-state index in [0.717, 1.165) is 26.1 Å². The normalized spacial score (nSPS) is 24.3. The monoisotopic (exact) mass is 200 g/mol. The summed E-state index contributed by atoms with van der Waals surface area (Å²) in [7, 11) is 2.07. The van der Waals surface area contributed by atoms with Gasteiger partial charge < -0.3 is 15.0 Å². The van der Waals surface area contributed by atoms with Crippen molar-refractivity contribution in [1.82, 2.24) is 10.2 Å². The number of nitrogens with one attached hydrogen (secondary N) is 1. The summed E-state index contributed by atoms with van der Waals surface area (Å²) >= 11 is 0. The maximum atomic E-state index is 11.3. The summed E-state index contributed by atoms with van der Waals surface area (Å²) in [5.41, 5.74) is 0. The van der Waals surface area contributed by atoms with Gasteiger partial charge in [-0.15, -0.1) is 0 Å². The molecule has 0 saturated carbocycles. The van der Waals surface area contributed by atoms with Gasteiger partial charge in [-0.3, -0.25) is 4.79 Å². The van der Waals surface area contributed by atoms with E-state index in [0.29, 0.717) is 19.1 Å². The second kappa shape index (κ2) is 5.98. The summed E-state index contributed by atoms with van der Waals surface area (Å²) in [5.74, 6) is -0.0775. The van der Waals surface area contributed by atoms with Crippen LogP contribution in [0.5, 0.6) is 0 Å². The number of carbonyl (C=O) groups excluding carboxylic acids is 1. The molecule has 1 aliphatic heterocycles. The molecule has 0 aromatic carbocycles. The van der Waals surface area contributed by atoms with Crippen molar-refractivity contribution in [2.75, 3.05) is 33.3 Å². The van der Waals surface area contributed by atoms with Gasteiger partial charge >= 0.3 is 5.97 Å². The largest absolute Gasteiger partial charge is 0.466 e. The van der Waals surface area contributed by atoms with Gasteiger partial charge in [0.2, 0.25) is 0 Å². The third kappa shape index (κ3) is 3.64. The Labute approximate surface area is 85.6 Å². The van der Waals surface area contributed by atoms with Crippen LogP contribution in [0.3, 0.4) is 0 Å². The van der Waals surface area contributed by atoms with E-state index in [1.165, 1.54) is 0 Å². The highest BCUT2D eigenvalue weighted by atomic mass is 16.5. The van der Waals surface area contributed by atoms with Gasteiger partial charge in [-0.05, 0) is 26.9 Å². The number of hydrogen-bond acceptors (Lipinski definition) is 4. The van der Waals surface area contributed by atoms with Gasteiger partial charge in [0.15, 0.2) is 0 Å². The summed E-state index contributed by atoms with van der Waals surface area (Å²) in [5, 5.41) is 3.32. The van der Waals surface area contributed by atoms with Gasteiger partial charge in [0.05, 0.1) is 13.0 Å². The Hall–Kier alpha value is -0.610. The van der Waals surface area contributed by atoms with E-state index in [2.05, 4.69) is 17.3 Å². The zero-order chi connectivity index (χ0) is 10.4. The molecule has 0 spiro atoms. The highest BCUT2D eigenvalue weighted by molar-refractivity contribution is 5.70. The van der Waals surface area contributed by atoms with E-state index in [-0.39, 0.29) is 5.97 Å². The predicted octanol–water partition coefficient (Wildman–Crippen LogP) is 0.233. The number of ether oxygens (including phenoxy) is 1. The first kappa shape index (κ1) is 11.5. The third-order valence-corrected chi connectivity index (χ3v) is 2.63. The smallest absolute Gasteiger partial charge is 0.307 e. The predicted molar refractivity (Wildman–Crippen MR) is 55.2 cm³/mol. The molecule has 1 rings (SSSR count). The molecular weight excluding hydrogens is 180 g/mol. The fourth-order valence-electron chi connectivity index (χ4n) is 1.72. The first-order chi connectivity index (χ1) is 6.74. The molecule has 1 aliphatic rings. The van der Waals surface area contributed by atoms with E-state index < -0.39 is 0 Å². The Balaban J connectivity index is 2.36. The quantitative estimate of drug-likeness (QED) is 0.662. The first-order valence-electron chi connectivity index (χ1n) is 5.30. The number of carbonyl (C=O) groups is 1. The van der Waals surface area contributed by atoms with Crippen molar-refractivity contribution in [3.8, 4) is 0 Å². The number of likely N-dealkylation sites (N-methyl/N-ethyl adjacent to an activating group) is 1. The van der Waals surface area contributed by atoms with Crippen molar-refractivity contribution in [3.05, 3.63) is 0 Å². The number of esters is 1. The lowest BCUT2D eigenvalue weighted by Gasteiger charge is -2.24. The molecule has 1 atom stereocenters. The summed E-state index contributed by atoms with van der Waals surface area (Å²) < 4.78 is 4.95. The molecular formula is C10H20N2O2. The van der Waals surface area contributed by atoms with Crippen LogP contribution in [0.2, 0.25) is 0 Å². The van der Waals surface area contributed by atoms with Gasteiger partial charge in [-0.25, -0.2) is 0 Å². The van der Waals surface area contributed by atoms with Crippen molar-refractivity contribution in [3.63, 3.8) is 0 Å². The van der Waals surface area contributed by atoms with Crippen molar-refractivity contribution >= 4 is 5.97 Å². The molecule has 1 fully saturated rings. The second-order valence-electron chi connectivity index (χ2n) is 3.68. The Morgan fingerprint density at radius 3 is 3.07 bits per heavy atom. The third-order valence-electron chi connectivity index (χ3n) is 2.63. The van der Waals surface area contributed by atoms with E-state index in [9.17, 15) is 4.79 Å². The van der Waals surface area contributed by atoms with Crippen LogP contribution in [-0.4, -0.2) is 50.2 Å². The van der Waals surface area contributed by atoms with Crippen LogP contribution in [-0.2, 0) is 9.53 Å². The number of hydrogen-bond donors (Lipinski definition) is 1. The van der Waals surface area contributed by atoms with Crippen LogP contribution in [0.15, 0.2) is 0 Å². The maximum absolute atomic E-state index is 11.3. The average Bonchev–Trinajstić information content (AvgIpc) is 2.33. The molecule has 0 amide bonds. The molecule has 14 heavy (non-hydrogen) atoms. The van der Waals surface area contributed by atoms with Crippen molar-refractivity contribution < 1.29 is 9.53 Å². The van der Waals surface area contributed by atoms with Crippen molar-refractivity contribution in [2.24, 2.45) is 0 Å². The molecule has 0 radical (unpaired) electrons. The molecule has 1 saturated heterocycles. The highest BCUT2D eigenvalue weighted by Crippen LogP contribution is 2.09. The summed E-state index contributed by atoms with van der Waals surface area (Å²) in [6, 6.07) is 0.337. The zero-order valence-electron chi connectivity index (χ0n) is 9.08. The lowest BCUT2D eigenvalue weighted by atomic mass is 10.1. The van der Waals surface area contributed by atoms with Crippen LogP contribution in [0, 0.1) is 0 Å². The Morgan fingerprint density at radius 1 is 1.57 bits per heavy atom. The fraction of sp³-hybridized carbons (Fsp3) is 0.900. The molecule has 4 nitrogen and oxygen atoms in total. The Bertz CT molecular complexity index is 185. The van der Waals surface area contributed by atoms with Crippen molar-refractivity contribution in [2.45, 2.75) is 25.8 Å². The van der Waals surface area contributed by atoms with Crippen molar-refractivity contribution in [1.29, 1.82) is 0 Å². The van der Waals surface area contributed by atoms with E-state index >= 15 is 0 Å². The van der Waals surface area contributed by atoms with Gasteiger partial charge in [0.25, 0.3) is 0 Å². The van der Waals surface area contributed by atoms with Gasteiger partial charge in [-0.1, -0.05) is 0 Å². The molecule has 1 heterocycles. The molecule has 0 aromatic heterocycles. The van der Waals surface area contributed by atoms with Gasteiger partial charge in [0, 0.05) is 19.1 Å². The first-order valence-corrected chi connectivity index (χ1v) is 5.30. The zero-order valence-corrected chi connectivity index (χ0v) is 9.08. The second-order valence-corrected chi connectivity index (χ2v) is 3.68.